The molecular weight excluding hydrogens is 399 g/mol. The van der Waals surface area contributed by atoms with Crippen molar-refractivity contribution in [1.82, 2.24) is 19.7 Å². The average molecular weight is 419 g/mol. The molecule has 5 rings (SSSR count). The van der Waals surface area contributed by atoms with Crippen molar-refractivity contribution in [2.75, 3.05) is 23.3 Å². The molecule has 7 nitrogen and oxygen atoms in total. The summed E-state index contributed by atoms with van der Waals surface area (Å²) in [4.78, 5) is 11.2. The van der Waals surface area contributed by atoms with Crippen LogP contribution < -0.4 is 10.2 Å². The molecule has 2 aromatic heterocycles. The van der Waals surface area contributed by atoms with E-state index in [-0.39, 0.29) is 6.10 Å². The number of aliphatic hydroxyl groups is 1. The predicted octanol–water partition coefficient (Wildman–Crippen LogP) is 4.17. The highest BCUT2D eigenvalue weighted by atomic mass is 35.5. The molecule has 0 atom stereocenters. The summed E-state index contributed by atoms with van der Waals surface area (Å²) in [6.45, 7) is 1.55. The molecule has 9 heteroatoms. The number of rotatable bonds is 4. The number of piperidine rings is 1. The highest BCUT2D eigenvalue weighted by molar-refractivity contribution is 6.34. The fourth-order valence-corrected chi connectivity index (χ4v) is 4.14. The minimum absolute atomic E-state index is 0.227. The number of hydrogen-bond donors (Lipinski definition) is 2. The molecule has 1 saturated heterocycles. The highest BCUT2D eigenvalue weighted by Crippen LogP contribution is 2.39. The topological polar surface area (TPSA) is 79.1 Å². The first kappa shape index (κ1) is 18.0. The Balaban J connectivity index is 1.44. The fourth-order valence-electron chi connectivity index (χ4n) is 3.57. The van der Waals surface area contributed by atoms with Crippen LogP contribution in [0.25, 0.3) is 10.9 Å². The lowest BCUT2D eigenvalue weighted by Gasteiger charge is -2.32. The Morgan fingerprint density at radius 2 is 1.86 bits per heavy atom. The quantitative estimate of drug-likeness (QED) is 0.661. The van der Waals surface area contributed by atoms with Crippen molar-refractivity contribution in [3.63, 3.8) is 0 Å². The summed E-state index contributed by atoms with van der Waals surface area (Å²) in [5.41, 5.74) is 2.44. The smallest absolute Gasteiger partial charge is 0.227 e. The Labute approximate surface area is 172 Å². The summed E-state index contributed by atoms with van der Waals surface area (Å²) in [6, 6.07) is 4.28. The number of nitrogens with one attached hydrogen (secondary N) is 1. The molecular formula is C19H20Cl2N6O. The van der Waals surface area contributed by atoms with E-state index in [9.17, 15) is 5.11 Å². The molecule has 1 aliphatic carbocycles. The SMILES string of the molecule is OC1CCN(c2cc3nc(Nc4cnn(C5CC5)c4Cl)ncc3cc2Cl)CC1. The molecule has 2 aliphatic rings. The maximum atomic E-state index is 9.75. The van der Waals surface area contributed by atoms with Crippen LogP contribution in [0.4, 0.5) is 17.3 Å². The van der Waals surface area contributed by atoms with Crippen molar-refractivity contribution in [2.24, 2.45) is 0 Å². The van der Waals surface area contributed by atoms with Crippen molar-refractivity contribution in [1.29, 1.82) is 0 Å². The van der Waals surface area contributed by atoms with Crippen LogP contribution >= 0.6 is 23.2 Å². The molecule has 0 bridgehead atoms. The van der Waals surface area contributed by atoms with Gasteiger partial charge in [-0.2, -0.15) is 5.10 Å². The van der Waals surface area contributed by atoms with Crippen molar-refractivity contribution >= 4 is 51.4 Å². The van der Waals surface area contributed by atoms with E-state index in [1.807, 2.05) is 16.8 Å². The molecule has 3 aromatic rings. The summed E-state index contributed by atoms with van der Waals surface area (Å²) in [7, 11) is 0. The molecule has 3 heterocycles. The van der Waals surface area contributed by atoms with Crippen molar-refractivity contribution in [2.45, 2.75) is 37.8 Å². The lowest BCUT2D eigenvalue weighted by atomic mass is 10.1. The third-order valence-corrected chi connectivity index (χ3v) is 6.01. The monoisotopic (exact) mass is 418 g/mol. The number of aliphatic hydroxyl groups excluding tert-OH is 1. The Kier molecular flexibility index (Phi) is 4.53. The van der Waals surface area contributed by atoms with Crippen LogP contribution in [0, 0.1) is 0 Å². The van der Waals surface area contributed by atoms with Gasteiger partial charge in [0.2, 0.25) is 5.95 Å². The summed E-state index contributed by atoms with van der Waals surface area (Å²) >= 11 is 12.9. The number of hydrogen-bond acceptors (Lipinski definition) is 6. The van der Waals surface area contributed by atoms with Gasteiger partial charge in [-0.3, -0.25) is 0 Å². The number of anilines is 3. The maximum Gasteiger partial charge on any atom is 0.227 e. The van der Waals surface area contributed by atoms with Gasteiger partial charge in [0.15, 0.2) is 5.15 Å². The highest BCUT2D eigenvalue weighted by Gasteiger charge is 2.27. The summed E-state index contributed by atoms with van der Waals surface area (Å²) < 4.78 is 1.84. The van der Waals surface area contributed by atoms with E-state index in [4.69, 9.17) is 23.2 Å². The molecule has 1 aliphatic heterocycles. The summed E-state index contributed by atoms with van der Waals surface area (Å²) in [6.07, 6.45) is 6.95. The fraction of sp³-hybridized carbons (Fsp3) is 0.421. The van der Waals surface area contributed by atoms with Crippen LogP contribution in [0.2, 0.25) is 10.2 Å². The van der Waals surface area contributed by atoms with Crippen LogP contribution in [0.1, 0.15) is 31.7 Å². The van der Waals surface area contributed by atoms with E-state index in [0.29, 0.717) is 27.9 Å². The molecule has 1 saturated carbocycles. The van der Waals surface area contributed by atoms with Gasteiger partial charge < -0.3 is 15.3 Å². The van der Waals surface area contributed by atoms with Crippen LogP contribution in [-0.2, 0) is 0 Å². The van der Waals surface area contributed by atoms with Crippen LogP contribution in [0.3, 0.4) is 0 Å². The van der Waals surface area contributed by atoms with E-state index in [1.165, 1.54) is 0 Å². The second-order valence-corrected chi connectivity index (χ2v) is 8.19. The molecule has 2 fully saturated rings. The van der Waals surface area contributed by atoms with E-state index < -0.39 is 0 Å². The number of halogens is 2. The van der Waals surface area contributed by atoms with Crippen molar-refractivity contribution in [3.8, 4) is 0 Å². The Bertz CT molecular complexity index is 1030. The summed E-state index contributed by atoms with van der Waals surface area (Å²) in [5.74, 6) is 0.465. The third-order valence-electron chi connectivity index (χ3n) is 5.33. The number of fused-ring (bicyclic) bond motifs is 1. The minimum atomic E-state index is -0.227. The van der Waals surface area contributed by atoms with E-state index in [1.54, 1.807) is 12.4 Å². The standard InChI is InChI=1S/C19H20Cl2N6O/c20-14-7-11-9-22-19(25-16-10-23-27(18(16)21)12-1-2-12)24-15(11)8-17(14)26-5-3-13(28)4-6-26/h7-10,12-13,28H,1-6H2,(H,22,24,25). The van der Waals surface area contributed by atoms with Gasteiger partial charge in [0, 0.05) is 24.7 Å². The van der Waals surface area contributed by atoms with Gasteiger partial charge in [-0.15, -0.1) is 0 Å². The lowest BCUT2D eigenvalue weighted by Crippen LogP contribution is -2.35. The van der Waals surface area contributed by atoms with E-state index in [2.05, 4.69) is 25.3 Å². The maximum absolute atomic E-state index is 9.75. The largest absolute Gasteiger partial charge is 0.393 e. The molecule has 0 amide bonds. The third kappa shape index (κ3) is 3.38. The normalized spacial score (nSPS) is 18.0. The molecule has 0 spiro atoms. The average Bonchev–Trinajstić information content (AvgIpc) is 3.47. The Morgan fingerprint density at radius 3 is 2.61 bits per heavy atom. The lowest BCUT2D eigenvalue weighted by molar-refractivity contribution is 0.145. The Morgan fingerprint density at radius 1 is 1.07 bits per heavy atom. The van der Waals surface area contributed by atoms with Gasteiger partial charge in [0.1, 0.15) is 0 Å². The second kappa shape index (κ2) is 7.06. The predicted molar refractivity (Wildman–Crippen MR) is 111 cm³/mol. The van der Waals surface area contributed by atoms with Crippen LogP contribution in [0.5, 0.6) is 0 Å². The van der Waals surface area contributed by atoms with Crippen LogP contribution in [0.15, 0.2) is 24.5 Å². The molecule has 146 valence electrons. The first-order chi connectivity index (χ1) is 13.6. The molecule has 0 unspecified atom stereocenters. The van der Waals surface area contributed by atoms with Gasteiger partial charge in [-0.25, -0.2) is 14.6 Å². The van der Waals surface area contributed by atoms with Gasteiger partial charge in [0.25, 0.3) is 0 Å². The van der Waals surface area contributed by atoms with Crippen LogP contribution in [-0.4, -0.2) is 44.0 Å². The first-order valence-electron chi connectivity index (χ1n) is 9.48. The molecule has 28 heavy (non-hydrogen) atoms. The molecule has 1 aromatic carbocycles. The van der Waals surface area contributed by atoms with Crippen molar-refractivity contribution in [3.05, 3.63) is 34.7 Å². The summed E-state index contributed by atoms with van der Waals surface area (Å²) in [5, 5.41) is 19.4. The van der Waals surface area contributed by atoms with Gasteiger partial charge in [0.05, 0.1) is 40.3 Å². The number of benzene rings is 1. The first-order valence-corrected chi connectivity index (χ1v) is 10.2. The van der Waals surface area contributed by atoms with Gasteiger partial charge in [-0.1, -0.05) is 23.2 Å². The van der Waals surface area contributed by atoms with Gasteiger partial charge >= 0.3 is 0 Å². The van der Waals surface area contributed by atoms with Crippen molar-refractivity contribution < 1.29 is 5.11 Å². The Hall–Kier alpha value is -2.09. The second-order valence-electron chi connectivity index (χ2n) is 7.42. The van der Waals surface area contributed by atoms with E-state index >= 15 is 0 Å². The zero-order chi connectivity index (χ0) is 19.3. The van der Waals surface area contributed by atoms with Gasteiger partial charge in [-0.05, 0) is 37.8 Å². The minimum Gasteiger partial charge on any atom is -0.393 e. The van der Waals surface area contributed by atoms with E-state index in [0.717, 1.165) is 55.4 Å². The molecule has 0 radical (unpaired) electrons. The zero-order valence-corrected chi connectivity index (χ0v) is 16.7. The zero-order valence-electron chi connectivity index (χ0n) is 15.1. The number of aromatic nitrogens is 4. The number of nitrogens with zero attached hydrogens (tertiary/aromatic N) is 5. The molecule has 2 N–H and O–H groups in total.